The van der Waals surface area contributed by atoms with Crippen molar-refractivity contribution in [3.8, 4) is 5.75 Å². The molecule has 0 aromatic heterocycles. The first-order valence-corrected chi connectivity index (χ1v) is 7.66. The van der Waals surface area contributed by atoms with Crippen LogP contribution in [0.5, 0.6) is 5.75 Å². The minimum atomic E-state index is 0.600. The quantitative estimate of drug-likeness (QED) is 0.839. The van der Waals surface area contributed by atoms with Crippen molar-refractivity contribution in [2.24, 2.45) is 0 Å². The summed E-state index contributed by atoms with van der Waals surface area (Å²) in [5, 5.41) is 3.55. The second-order valence-electron chi connectivity index (χ2n) is 4.60. The van der Waals surface area contributed by atoms with Crippen LogP contribution in [0.3, 0.4) is 0 Å². The molecule has 0 saturated carbocycles. The second-order valence-corrected chi connectivity index (χ2v) is 5.51. The monoisotopic (exact) mass is 251 g/mol. The summed E-state index contributed by atoms with van der Waals surface area (Å²) in [6, 6.07) is 7.19. The summed E-state index contributed by atoms with van der Waals surface area (Å²) in [4.78, 5) is 0. The standard InChI is InChI=1S/C14H21NOS/c1-11(10-17-2)15-7-5-12-3-4-14-13(9-12)6-8-16-14/h3-4,9,11,15H,5-8,10H2,1-2H3. The molecule has 94 valence electrons. The molecule has 0 bridgehead atoms. The lowest BCUT2D eigenvalue weighted by Crippen LogP contribution is -2.29. The third-order valence-electron chi connectivity index (χ3n) is 3.08. The van der Waals surface area contributed by atoms with Gasteiger partial charge in [-0.15, -0.1) is 0 Å². The first-order valence-electron chi connectivity index (χ1n) is 6.26. The number of benzene rings is 1. The van der Waals surface area contributed by atoms with E-state index < -0.39 is 0 Å². The van der Waals surface area contributed by atoms with Crippen LogP contribution >= 0.6 is 11.8 Å². The van der Waals surface area contributed by atoms with Crippen LogP contribution in [-0.4, -0.2) is 31.2 Å². The molecule has 1 aliphatic heterocycles. The van der Waals surface area contributed by atoms with Crippen molar-refractivity contribution in [1.29, 1.82) is 0 Å². The van der Waals surface area contributed by atoms with Gasteiger partial charge in [0.25, 0.3) is 0 Å². The fraction of sp³-hybridized carbons (Fsp3) is 0.571. The fourth-order valence-corrected chi connectivity index (χ4v) is 2.79. The molecule has 3 heteroatoms. The van der Waals surface area contributed by atoms with Gasteiger partial charge in [0.1, 0.15) is 5.75 Å². The van der Waals surface area contributed by atoms with E-state index >= 15 is 0 Å². The highest BCUT2D eigenvalue weighted by atomic mass is 32.2. The molecule has 0 aliphatic carbocycles. The number of thioether (sulfide) groups is 1. The van der Waals surface area contributed by atoms with E-state index in [4.69, 9.17) is 4.74 Å². The molecule has 0 saturated heterocycles. The highest BCUT2D eigenvalue weighted by Crippen LogP contribution is 2.25. The van der Waals surface area contributed by atoms with Crippen LogP contribution in [0.25, 0.3) is 0 Å². The summed E-state index contributed by atoms with van der Waals surface area (Å²) in [6.45, 7) is 4.15. The Hall–Kier alpha value is -0.670. The van der Waals surface area contributed by atoms with Crippen molar-refractivity contribution in [3.63, 3.8) is 0 Å². The molecule has 1 aromatic carbocycles. The summed E-state index contributed by atoms with van der Waals surface area (Å²) in [5.74, 6) is 2.26. The Morgan fingerprint density at radius 3 is 3.18 bits per heavy atom. The van der Waals surface area contributed by atoms with Gasteiger partial charge in [-0.2, -0.15) is 11.8 Å². The Bertz CT molecular complexity index is 367. The van der Waals surface area contributed by atoms with Gasteiger partial charge in [0.2, 0.25) is 0 Å². The van der Waals surface area contributed by atoms with Crippen LogP contribution < -0.4 is 10.1 Å². The maximum absolute atomic E-state index is 5.51. The predicted molar refractivity (Wildman–Crippen MR) is 75.2 cm³/mol. The van der Waals surface area contributed by atoms with E-state index in [1.807, 2.05) is 11.8 Å². The van der Waals surface area contributed by atoms with Gasteiger partial charge in [0.15, 0.2) is 0 Å². The molecule has 1 heterocycles. The van der Waals surface area contributed by atoms with Gasteiger partial charge in [0.05, 0.1) is 6.61 Å². The molecule has 0 amide bonds. The number of hydrogen-bond donors (Lipinski definition) is 1. The molecular formula is C14H21NOS. The molecule has 17 heavy (non-hydrogen) atoms. The molecule has 1 N–H and O–H groups in total. The van der Waals surface area contributed by atoms with Gasteiger partial charge in [0, 0.05) is 18.2 Å². The minimum Gasteiger partial charge on any atom is -0.493 e. The Morgan fingerprint density at radius 2 is 2.35 bits per heavy atom. The molecule has 1 unspecified atom stereocenters. The van der Waals surface area contributed by atoms with Gasteiger partial charge in [-0.3, -0.25) is 0 Å². The smallest absolute Gasteiger partial charge is 0.122 e. The van der Waals surface area contributed by atoms with Gasteiger partial charge >= 0.3 is 0 Å². The van der Waals surface area contributed by atoms with E-state index in [1.54, 1.807) is 0 Å². The van der Waals surface area contributed by atoms with E-state index in [0.29, 0.717) is 6.04 Å². The van der Waals surface area contributed by atoms with E-state index in [-0.39, 0.29) is 0 Å². The highest BCUT2D eigenvalue weighted by Gasteiger charge is 2.11. The van der Waals surface area contributed by atoms with Crippen molar-refractivity contribution in [2.75, 3.05) is 25.2 Å². The lowest BCUT2D eigenvalue weighted by atomic mass is 10.1. The molecule has 1 aliphatic rings. The molecular weight excluding hydrogens is 230 g/mol. The Kier molecular flexibility index (Phi) is 4.75. The Labute approximate surface area is 108 Å². The summed E-state index contributed by atoms with van der Waals surface area (Å²) in [7, 11) is 0. The largest absolute Gasteiger partial charge is 0.493 e. The van der Waals surface area contributed by atoms with Gasteiger partial charge < -0.3 is 10.1 Å². The van der Waals surface area contributed by atoms with Crippen LogP contribution in [0.2, 0.25) is 0 Å². The molecule has 2 rings (SSSR count). The van der Waals surface area contributed by atoms with Crippen molar-refractivity contribution in [1.82, 2.24) is 5.32 Å². The molecule has 1 atom stereocenters. The lowest BCUT2D eigenvalue weighted by molar-refractivity contribution is 0.357. The number of fused-ring (bicyclic) bond motifs is 1. The number of nitrogens with one attached hydrogen (secondary N) is 1. The van der Waals surface area contributed by atoms with Crippen molar-refractivity contribution < 1.29 is 4.74 Å². The topological polar surface area (TPSA) is 21.3 Å². The van der Waals surface area contributed by atoms with Crippen molar-refractivity contribution in [2.45, 2.75) is 25.8 Å². The summed E-state index contributed by atoms with van der Waals surface area (Å²) in [6.07, 6.45) is 4.32. The van der Waals surface area contributed by atoms with Gasteiger partial charge in [-0.1, -0.05) is 12.1 Å². The Morgan fingerprint density at radius 1 is 1.47 bits per heavy atom. The summed E-state index contributed by atoms with van der Waals surface area (Å²) >= 11 is 1.89. The first-order chi connectivity index (χ1) is 8.29. The number of rotatable bonds is 6. The lowest BCUT2D eigenvalue weighted by Gasteiger charge is -2.12. The normalized spacial score (nSPS) is 15.4. The summed E-state index contributed by atoms with van der Waals surface area (Å²) in [5.41, 5.74) is 2.79. The van der Waals surface area contributed by atoms with E-state index in [0.717, 1.165) is 31.7 Å². The SMILES string of the molecule is CSCC(C)NCCc1ccc2c(c1)CCO2. The zero-order chi connectivity index (χ0) is 12.1. The molecule has 1 aromatic rings. The summed E-state index contributed by atoms with van der Waals surface area (Å²) < 4.78 is 5.51. The minimum absolute atomic E-state index is 0.600. The second kappa shape index (κ2) is 6.31. The third kappa shape index (κ3) is 3.65. The average Bonchev–Trinajstić information content (AvgIpc) is 2.76. The molecule has 0 spiro atoms. The maximum Gasteiger partial charge on any atom is 0.122 e. The van der Waals surface area contributed by atoms with Gasteiger partial charge in [-0.05, 0) is 43.3 Å². The van der Waals surface area contributed by atoms with Crippen LogP contribution in [0, 0.1) is 0 Å². The molecule has 2 nitrogen and oxygen atoms in total. The third-order valence-corrected chi connectivity index (χ3v) is 3.91. The predicted octanol–water partition coefficient (Wildman–Crippen LogP) is 2.51. The highest BCUT2D eigenvalue weighted by molar-refractivity contribution is 7.98. The number of ether oxygens (including phenoxy) is 1. The van der Waals surface area contributed by atoms with Crippen molar-refractivity contribution >= 4 is 11.8 Å². The van der Waals surface area contributed by atoms with Crippen molar-refractivity contribution in [3.05, 3.63) is 29.3 Å². The van der Waals surface area contributed by atoms with Gasteiger partial charge in [-0.25, -0.2) is 0 Å². The number of hydrogen-bond acceptors (Lipinski definition) is 3. The zero-order valence-corrected chi connectivity index (χ0v) is 11.5. The van der Waals surface area contributed by atoms with Crippen LogP contribution in [-0.2, 0) is 12.8 Å². The van der Waals surface area contributed by atoms with Crippen LogP contribution in [0.4, 0.5) is 0 Å². The average molecular weight is 251 g/mol. The Balaban J connectivity index is 1.79. The van der Waals surface area contributed by atoms with E-state index in [2.05, 4.69) is 36.7 Å². The molecule has 0 fully saturated rings. The fourth-order valence-electron chi connectivity index (χ4n) is 2.17. The van der Waals surface area contributed by atoms with Crippen LogP contribution in [0.15, 0.2) is 18.2 Å². The maximum atomic E-state index is 5.51. The van der Waals surface area contributed by atoms with Crippen LogP contribution in [0.1, 0.15) is 18.1 Å². The first kappa shape index (κ1) is 12.8. The molecule has 0 radical (unpaired) electrons. The zero-order valence-electron chi connectivity index (χ0n) is 10.7. The van der Waals surface area contributed by atoms with E-state index in [1.165, 1.54) is 16.9 Å². The van der Waals surface area contributed by atoms with E-state index in [9.17, 15) is 0 Å².